The molecular formula is C15H21N3O2S. The molecule has 1 fully saturated rings. The molecule has 0 spiro atoms. The van der Waals surface area contributed by atoms with E-state index >= 15 is 0 Å². The average molecular weight is 307 g/mol. The molecule has 2 aliphatic rings. The van der Waals surface area contributed by atoms with Gasteiger partial charge in [-0.15, -0.1) is 0 Å². The van der Waals surface area contributed by atoms with Crippen molar-refractivity contribution in [2.24, 2.45) is 0 Å². The second-order valence-electron chi connectivity index (χ2n) is 5.35. The van der Waals surface area contributed by atoms with Crippen LogP contribution < -0.4 is 20.1 Å². The summed E-state index contributed by atoms with van der Waals surface area (Å²) in [5.74, 6) is 1.54. The molecule has 2 heterocycles. The van der Waals surface area contributed by atoms with Crippen LogP contribution in [0.15, 0.2) is 18.2 Å². The van der Waals surface area contributed by atoms with Crippen LogP contribution >= 0.6 is 12.2 Å². The Morgan fingerprint density at radius 2 is 1.95 bits per heavy atom. The first-order valence-corrected chi connectivity index (χ1v) is 7.89. The molecule has 6 heteroatoms. The fourth-order valence-electron chi connectivity index (χ4n) is 2.66. The zero-order valence-corrected chi connectivity index (χ0v) is 12.9. The van der Waals surface area contributed by atoms with Gasteiger partial charge in [-0.1, -0.05) is 6.42 Å². The Kier molecular flexibility index (Phi) is 4.77. The van der Waals surface area contributed by atoms with E-state index in [-0.39, 0.29) is 6.79 Å². The van der Waals surface area contributed by atoms with E-state index in [0.717, 1.165) is 30.3 Å². The molecule has 0 saturated carbocycles. The van der Waals surface area contributed by atoms with E-state index in [9.17, 15) is 0 Å². The van der Waals surface area contributed by atoms with E-state index < -0.39 is 0 Å². The molecule has 0 aliphatic carbocycles. The number of piperidine rings is 1. The maximum Gasteiger partial charge on any atom is 0.231 e. The number of likely N-dealkylation sites (tertiary alicyclic amines) is 1. The number of nitrogens with zero attached hydrogens (tertiary/aromatic N) is 1. The number of hydrogen-bond donors (Lipinski definition) is 2. The van der Waals surface area contributed by atoms with Gasteiger partial charge in [0.15, 0.2) is 16.6 Å². The van der Waals surface area contributed by atoms with Crippen molar-refractivity contribution < 1.29 is 9.47 Å². The summed E-state index contributed by atoms with van der Waals surface area (Å²) in [6, 6.07) is 5.73. The summed E-state index contributed by atoms with van der Waals surface area (Å²) in [6.07, 6.45) is 4.01. The standard InChI is InChI=1S/C15H21N3O2S/c21-15(16-6-9-18-7-2-1-3-8-18)17-12-4-5-13-14(10-12)20-11-19-13/h4-5,10H,1-3,6-9,11H2,(H2,16,17,21). The van der Waals surface area contributed by atoms with Gasteiger partial charge in [0.1, 0.15) is 0 Å². The highest BCUT2D eigenvalue weighted by atomic mass is 32.1. The molecule has 0 atom stereocenters. The summed E-state index contributed by atoms with van der Waals surface area (Å²) in [5.41, 5.74) is 0.912. The maximum absolute atomic E-state index is 5.35. The minimum Gasteiger partial charge on any atom is -0.454 e. The summed E-state index contributed by atoms with van der Waals surface area (Å²) < 4.78 is 10.6. The van der Waals surface area contributed by atoms with Crippen LogP contribution in [-0.2, 0) is 0 Å². The lowest BCUT2D eigenvalue weighted by molar-refractivity contribution is 0.174. The zero-order chi connectivity index (χ0) is 14.5. The second-order valence-corrected chi connectivity index (χ2v) is 5.76. The Hall–Kier alpha value is -1.53. The lowest BCUT2D eigenvalue weighted by atomic mass is 10.1. The van der Waals surface area contributed by atoms with Crippen LogP contribution in [0.1, 0.15) is 19.3 Å². The molecule has 1 saturated heterocycles. The summed E-state index contributed by atoms with van der Waals surface area (Å²) >= 11 is 5.32. The van der Waals surface area contributed by atoms with Gasteiger partial charge in [-0.2, -0.15) is 0 Å². The van der Waals surface area contributed by atoms with Crippen molar-refractivity contribution in [1.29, 1.82) is 0 Å². The lowest BCUT2D eigenvalue weighted by Crippen LogP contribution is -2.38. The molecule has 3 rings (SSSR count). The van der Waals surface area contributed by atoms with Gasteiger partial charge in [0, 0.05) is 24.8 Å². The highest BCUT2D eigenvalue weighted by Gasteiger charge is 2.13. The predicted molar refractivity (Wildman–Crippen MR) is 87.1 cm³/mol. The van der Waals surface area contributed by atoms with E-state index in [1.807, 2.05) is 18.2 Å². The Morgan fingerprint density at radius 3 is 2.81 bits per heavy atom. The number of ether oxygens (including phenoxy) is 2. The molecule has 2 aliphatic heterocycles. The second kappa shape index (κ2) is 6.95. The Bertz CT molecular complexity index is 504. The maximum atomic E-state index is 5.35. The molecule has 5 nitrogen and oxygen atoms in total. The Balaban J connectivity index is 1.41. The fraction of sp³-hybridized carbons (Fsp3) is 0.533. The first kappa shape index (κ1) is 14.4. The monoisotopic (exact) mass is 307 g/mol. The van der Waals surface area contributed by atoms with E-state index in [1.54, 1.807) is 0 Å². The van der Waals surface area contributed by atoms with Gasteiger partial charge >= 0.3 is 0 Å². The van der Waals surface area contributed by atoms with Crippen LogP contribution in [0.3, 0.4) is 0 Å². The number of hydrogen-bond acceptors (Lipinski definition) is 4. The number of anilines is 1. The number of thiocarbonyl (C=S) groups is 1. The van der Waals surface area contributed by atoms with E-state index in [1.165, 1.54) is 32.4 Å². The minimum absolute atomic E-state index is 0.289. The third-order valence-corrected chi connectivity index (χ3v) is 4.04. The number of fused-ring (bicyclic) bond motifs is 1. The first-order valence-electron chi connectivity index (χ1n) is 7.48. The molecule has 1 aromatic carbocycles. The van der Waals surface area contributed by atoms with Crippen molar-refractivity contribution in [3.63, 3.8) is 0 Å². The van der Waals surface area contributed by atoms with Gasteiger partial charge < -0.3 is 25.0 Å². The third-order valence-electron chi connectivity index (χ3n) is 3.79. The van der Waals surface area contributed by atoms with Gasteiger partial charge in [0.2, 0.25) is 6.79 Å². The molecule has 0 bridgehead atoms. The van der Waals surface area contributed by atoms with Crippen molar-refractivity contribution in [1.82, 2.24) is 10.2 Å². The largest absolute Gasteiger partial charge is 0.454 e. The van der Waals surface area contributed by atoms with Crippen molar-refractivity contribution in [3.05, 3.63) is 18.2 Å². The number of rotatable bonds is 4. The average Bonchev–Trinajstić information content (AvgIpc) is 2.96. The Morgan fingerprint density at radius 1 is 1.14 bits per heavy atom. The summed E-state index contributed by atoms with van der Waals surface area (Å²) in [4.78, 5) is 2.49. The normalized spacial score (nSPS) is 17.5. The van der Waals surface area contributed by atoms with Crippen molar-refractivity contribution >= 4 is 23.0 Å². The molecule has 0 radical (unpaired) electrons. The Labute approximate surface area is 130 Å². The molecule has 1 aromatic rings. The topological polar surface area (TPSA) is 45.8 Å². The smallest absolute Gasteiger partial charge is 0.231 e. The molecule has 21 heavy (non-hydrogen) atoms. The van der Waals surface area contributed by atoms with E-state index in [2.05, 4.69) is 15.5 Å². The first-order chi connectivity index (χ1) is 10.3. The van der Waals surface area contributed by atoms with Crippen LogP contribution in [0, 0.1) is 0 Å². The fourth-order valence-corrected chi connectivity index (χ4v) is 2.88. The number of nitrogens with one attached hydrogen (secondary N) is 2. The van der Waals surface area contributed by atoms with Gasteiger partial charge in [-0.05, 0) is 50.3 Å². The predicted octanol–water partition coefficient (Wildman–Crippen LogP) is 2.19. The van der Waals surface area contributed by atoms with Crippen molar-refractivity contribution in [2.45, 2.75) is 19.3 Å². The van der Waals surface area contributed by atoms with Gasteiger partial charge in [0.05, 0.1) is 0 Å². The van der Waals surface area contributed by atoms with Crippen LogP contribution in [0.25, 0.3) is 0 Å². The highest BCUT2D eigenvalue weighted by molar-refractivity contribution is 7.80. The zero-order valence-electron chi connectivity index (χ0n) is 12.1. The quantitative estimate of drug-likeness (QED) is 0.832. The highest BCUT2D eigenvalue weighted by Crippen LogP contribution is 2.34. The van der Waals surface area contributed by atoms with Crippen LogP contribution in [0.2, 0.25) is 0 Å². The van der Waals surface area contributed by atoms with Gasteiger partial charge in [-0.3, -0.25) is 0 Å². The lowest BCUT2D eigenvalue weighted by Gasteiger charge is -2.26. The van der Waals surface area contributed by atoms with Gasteiger partial charge in [0.25, 0.3) is 0 Å². The molecular weight excluding hydrogens is 286 g/mol. The third kappa shape index (κ3) is 3.98. The van der Waals surface area contributed by atoms with Crippen molar-refractivity contribution in [2.75, 3.05) is 38.3 Å². The molecule has 114 valence electrons. The van der Waals surface area contributed by atoms with Crippen LogP contribution in [-0.4, -0.2) is 43.0 Å². The van der Waals surface area contributed by atoms with Crippen LogP contribution in [0.5, 0.6) is 11.5 Å². The molecule has 0 aromatic heterocycles. The van der Waals surface area contributed by atoms with Crippen molar-refractivity contribution in [3.8, 4) is 11.5 Å². The summed E-state index contributed by atoms with van der Waals surface area (Å²) in [6.45, 7) is 4.63. The molecule has 2 N–H and O–H groups in total. The summed E-state index contributed by atoms with van der Waals surface area (Å²) in [7, 11) is 0. The van der Waals surface area contributed by atoms with E-state index in [4.69, 9.17) is 21.7 Å². The number of benzene rings is 1. The molecule has 0 unspecified atom stereocenters. The van der Waals surface area contributed by atoms with E-state index in [0.29, 0.717) is 5.11 Å². The van der Waals surface area contributed by atoms with Gasteiger partial charge in [-0.25, -0.2) is 0 Å². The SMILES string of the molecule is S=C(NCCN1CCCCC1)Nc1ccc2c(c1)OCO2. The van der Waals surface area contributed by atoms with Crippen LogP contribution in [0.4, 0.5) is 5.69 Å². The molecule has 0 amide bonds. The summed E-state index contributed by atoms with van der Waals surface area (Å²) in [5, 5.41) is 7.07. The minimum atomic E-state index is 0.289.